The van der Waals surface area contributed by atoms with E-state index in [0.717, 1.165) is 49.2 Å². The van der Waals surface area contributed by atoms with Crippen molar-refractivity contribution < 1.29 is 14.4 Å². The average Bonchev–Trinajstić information content (AvgIpc) is 3.20. The van der Waals surface area contributed by atoms with Crippen molar-refractivity contribution in [2.75, 3.05) is 13.1 Å². The molecular formula is C27H32N6O3. The molecule has 1 unspecified atom stereocenters. The minimum Gasteiger partial charge on any atom is -0.340 e. The van der Waals surface area contributed by atoms with E-state index in [1.807, 2.05) is 24.3 Å². The molecule has 9 heteroatoms. The summed E-state index contributed by atoms with van der Waals surface area (Å²) >= 11 is 0. The van der Waals surface area contributed by atoms with E-state index < -0.39 is 6.04 Å². The highest BCUT2D eigenvalue weighted by molar-refractivity contribution is 6.06. The van der Waals surface area contributed by atoms with Crippen LogP contribution in [0, 0.1) is 5.41 Å². The molecule has 2 saturated heterocycles. The molecule has 0 saturated carbocycles. The molecule has 2 fully saturated rings. The number of amides is 4. The predicted octanol–water partition coefficient (Wildman–Crippen LogP) is 2.10. The van der Waals surface area contributed by atoms with Gasteiger partial charge in [0.15, 0.2) is 0 Å². The summed E-state index contributed by atoms with van der Waals surface area (Å²) in [5, 5.41) is 16.9. The summed E-state index contributed by atoms with van der Waals surface area (Å²) in [6.07, 6.45) is 2.56. The predicted molar refractivity (Wildman–Crippen MR) is 135 cm³/mol. The summed E-state index contributed by atoms with van der Waals surface area (Å²) in [5.41, 5.74) is 4.00. The second kappa shape index (κ2) is 10.5. The van der Waals surface area contributed by atoms with Gasteiger partial charge < -0.3 is 15.5 Å². The number of likely N-dealkylation sites (tertiary alicyclic amines) is 1. The first kappa shape index (κ1) is 24.0. The van der Waals surface area contributed by atoms with Gasteiger partial charge in [0.05, 0.1) is 0 Å². The molecule has 2 aromatic carbocycles. The Morgan fingerprint density at radius 2 is 1.81 bits per heavy atom. The largest absolute Gasteiger partial charge is 0.340 e. The number of amidine groups is 1. The molecule has 5 rings (SSSR count). The lowest BCUT2D eigenvalue weighted by atomic mass is 10.0. The molecule has 4 amide bonds. The molecule has 9 nitrogen and oxygen atoms in total. The van der Waals surface area contributed by atoms with Crippen LogP contribution in [-0.2, 0) is 29.2 Å². The van der Waals surface area contributed by atoms with Crippen molar-refractivity contribution >= 4 is 23.7 Å². The molecule has 0 aromatic heterocycles. The van der Waals surface area contributed by atoms with Gasteiger partial charge in [-0.3, -0.25) is 25.2 Å². The number of nitrogens with zero attached hydrogens (tertiary/aromatic N) is 2. The molecule has 0 bridgehead atoms. The number of carbonyl (C=O) groups excluding carboxylic acids is 3. The number of urea groups is 1. The average molecular weight is 489 g/mol. The fourth-order valence-corrected chi connectivity index (χ4v) is 5.28. The van der Waals surface area contributed by atoms with E-state index >= 15 is 0 Å². The zero-order chi connectivity index (χ0) is 25.1. The van der Waals surface area contributed by atoms with Gasteiger partial charge >= 0.3 is 6.03 Å². The van der Waals surface area contributed by atoms with E-state index in [9.17, 15) is 14.4 Å². The number of rotatable bonds is 6. The van der Waals surface area contributed by atoms with Gasteiger partial charge in [-0.1, -0.05) is 48.5 Å². The lowest BCUT2D eigenvalue weighted by Gasteiger charge is -2.32. The number of fused-ring (bicyclic) bond motifs is 1. The van der Waals surface area contributed by atoms with Crippen molar-refractivity contribution in [3.63, 3.8) is 0 Å². The normalized spacial score (nSPS) is 20.7. The maximum atomic E-state index is 12.5. The van der Waals surface area contributed by atoms with Gasteiger partial charge in [-0.25, -0.2) is 4.79 Å². The van der Waals surface area contributed by atoms with Gasteiger partial charge in [0.1, 0.15) is 11.9 Å². The highest BCUT2D eigenvalue weighted by Gasteiger charge is 2.37. The molecule has 36 heavy (non-hydrogen) atoms. The molecule has 4 N–H and O–H groups in total. The van der Waals surface area contributed by atoms with Crippen LogP contribution in [0.4, 0.5) is 4.79 Å². The molecular weight excluding hydrogens is 456 g/mol. The van der Waals surface area contributed by atoms with Crippen molar-refractivity contribution in [3.8, 4) is 0 Å². The maximum absolute atomic E-state index is 12.5. The third-order valence-electron chi connectivity index (χ3n) is 7.26. The summed E-state index contributed by atoms with van der Waals surface area (Å²) in [6, 6.07) is 15.7. The fraction of sp³-hybridized carbons (Fsp3) is 0.407. The van der Waals surface area contributed by atoms with Crippen LogP contribution in [0.3, 0.4) is 0 Å². The Kier molecular flexibility index (Phi) is 6.99. The summed E-state index contributed by atoms with van der Waals surface area (Å²) < 4.78 is 0. The summed E-state index contributed by atoms with van der Waals surface area (Å²) in [7, 11) is 0. The Labute approximate surface area is 210 Å². The first-order valence-corrected chi connectivity index (χ1v) is 12.6. The zero-order valence-corrected chi connectivity index (χ0v) is 20.3. The first-order chi connectivity index (χ1) is 17.5. The van der Waals surface area contributed by atoms with Crippen molar-refractivity contribution in [1.82, 2.24) is 25.8 Å². The van der Waals surface area contributed by atoms with Crippen LogP contribution in [0.1, 0.15) is 47.9 Å². The van der Waals surface area contributed by atoms with Crippen LogP contribution >= 0.6 is 0 Å². The SMILES string of the molecule is N=C1c2ccc(CNC(=O)NC3CCN(Cc4ccccc4)CC3)cc2CN1C1CCC(=O)NC1=O. The Morgan fingerprint density at radius 3 is 2.56 bits per heavy atom. The number of carbonyl (C=O) groups is 3. The third-order valence-corrected chi connectivity index (χ3v) is 7.26. The van der Waals surface area contributed by atoms with E-state index in [0.29, 0.717) is 25.3 Å². The molecule has 0 aliphatic carbocycles. The molecule has 1 atom stereocenters. The van der Waals surface area contributed by atoms with E-state index in [1.165, 1.54) is 5.56 Å². The Hall–Kier alpha value is -3.72. The number of nitrogens with one attached hydrogen (secondary N) is 4. The van der Waals surface area contributed by atoms with Crippen molar-refractivity contribution in [3.05, 3.63) is 70.8 Å². The summed E-state index contributed by atoms with van der Waals surface area (Å²) in [4.78, 5) is 40.4. The minimum absolute atomic E-state index is 0.166. The zero-order valence-electron chi connectivity index (χ0n) is 20.3. The van der Waals surface area contributed by atoms with Crippen molar-refractivity contribution in [1.29, 1.82) is 5.41 Å². The van der Waals surface area contributed by atoms with Gasteiger partial charge in [0.25, 0.3) is 0 Å². The molecule has 3 aliphatic heterocycles. The van der Waals surface area contributed by atoms with Crippen LogP contribution in [0.5, 0.6) is 0 Å². The third kappa shape index (κ3) is 5.41. The van der Waals surface area contributed by atoms with Gasteiger partial charge in [0, 0.05) is 50.7 Å². The number of imide groups is 1. The second-order valence-corrected chi connectivity index (χ2v) is 9.80. The quantitative estimate of drug-likeness (QED) is 0.465. The Balaban J connectivity index is 1.08. The first-order valence-electron chi connectivity index (χ1n) is 12.6. The standard InChI is InChI=1S/C27H32N6O3/c28-25-22-7-6-19(14-20(22)17-33(25)23-8-9-24(34)31-26(23)35)15-29-27(36)30-21-10-12-32(13-11-21)16-18-4-2-1-3-5-18/h1-7,14,21,23,28H,8-13,15-17H2,(H2,29,30,36)(H,31,34,35). The lowest BCUT2D eigenvalue weighted by molar-refractivity contribution is -0.136. The molecule has 2 aromatic rings. The van der Waals surface area contributed by atoms with Crippen LogP contribution in [0.2, 0.25) is 0 Å². The highest BCUT2D eigenvalue weighted by atomic mass is 16.2. The highest BCUT2D eigenvalue weighted by Crippen LogP contribution is 2.28. The number of piperidine rings is 2. The maximum Gasteiger partial charge on any atom is 0.315 e. The molecule has 0 radical (unpaired) electrons. The van der Waals surface area contributed by atoms with Crippen LogP contribution in [-0.4, -0.2) is 58.7 Å². The van der Waals surface area contributed by atoms with Crippen LogP contribution in [0.15, 0.2) is 48.5 Å². The topological polar surface area (TPSA) is 118 Å². The summed E-state index contributed by atoms with van der Waals surface area (Å²) in [5.74, 6) is -0.299. The van der Waals surface area contributed by atoms with E-state index in [-0.39, 0.29) is 30.3 Å². The number of hydrogen-bond acceptors (Lipinski definition) is 5. The van der Waals surface area contributed by atoms with E-state index in [1.54, 1.807) is 4.90 Å². The lowest BCUT2D eigenvalue weighted by Crippen LogP contribution is -2.52. The monoisotopic (exact) mass is 488 g/mol. The Morgan fingerprint density at radius 1 is 1.03 bits per heavy atom. The minimum atomic E-state index is -0.505. The molecule has 3 heterocycles. The van der Waals surface area contributed by atoms with Gasteiger partial charge in [-0.05, 0) is 36.0 Å². The van der Waals surface area contributed by atoms with E-state index in [2.05, 4.69) is 45.1 Å². The van der Waals surface area contributed by atoms with Gasteiger partial charge in [-0.15, -0.1) is 0 Å². The van der Waals surface area contributed by atoms with Crippen molar-refractivity contribution in [2.24, 2.45) is 0 Å². The smallest absolute Gasteiger partial charge is 0.315 e. The number of benzene rings is 2. The van der Waals surface area contributed by atoms with Gasteiger partial charge in [-0.2, -0.15) is 0 Å². The van der Waals surface area contributed by atoms with Crippen LogP contribution in [0.25, 0.3) is 0 Å². The summed E-state index contributed by atoms with van der Waals surface area (Å²) in [6.45, 7) is 3.69. The second-order valence-electron chi connectivity index (χ2n) is 9.80. The number of hydrogen-bond donors (Lipinski definition) is 4. The molecule has 3 aliphatic rings. The molecule has 188 valence electrons. The van der Waals surface area contributed by atoms with E-state index in [4.69, 9.17) is 5.41 Å². The van der Waals surface area contributed by atoms with Crippen molar-refractivity contribution in [2.45, 2.75) is 57.4 Å². The Bertz CT molecular complexity index is 1160. The fourth-order valence-electron chi connectivity index (χ4n) is 5.28. The molecule has 0 spiro atoms. The van der Waals surface area contributed by atoms with Crippen LogP contribution < -0.4 is 16.0 Å². The van der Waals surface area contributed by atoms with Gasteiger partial charge in [0.2, 0.25) is 11.8 Å².